The molecule has 0 radical (unpaired) electrons. The number of nitrogens with zero attached hydrogens (tertiary/aromatic N) is 5. The Balaban J connectivity index is 1.56. The van der Waals surface area contributed by atoms with Crippen LogP contribution in [0.5, 0.6) is 0 Å². The number of carbonyl (C=O) groups is 1. The van der Waals surface area contributed by atoms with Crippen LogP contribution in [-0.4, -0.2) is 44.7 Å². The molecule has 0 saturated heterocycles. The largest absolute Gasteiger partial charge is 0.348 e. The molecule has 0 bridgehead atoms. The topological polar surface area (TPSA) is 63.9 Å². The molecule has 0 aliphatic heterocycles. The molecular formula is C29H31N5OS. The van der Waals surface area contributed by atoms with E-state index >= 15 is 0 Å². The highest BCUT2D eigenvalue weighted by atomic mass is 32.1. The van der Waals surface area contributed by atoms with Crippen molar-refractivity contribution >= 4 is 17.2 Å². The zero-order valence-electron chi connectivity index (χ0n) is 21.3. The Kier molecular flexibility index (Phi) is 5.56. The summed E-state index contributed by atoms with van der Waals surface area (Å²) < 4.78 is 2.13. The number of para-hydroxylation sites is 1. The maximum atomic E-state index is 12.5. The van der Waals surface area contributed by atoms with Crippen molar-refractivity contribution in [3.05, 3.63) is 70.1 Å². The maximum absolute atomic E-state index is 12.5. The third-order valence-corrected chi connectivity index (χ3v) is 8.59. The van der Waals surface area contributed by atoms with Crippen LogP contribution in [0.25, 0.3) is 27.5 Å². The number of amides is 1. The lowest BCUT2D eigenvalue weighted by Gasteiger charge is -2.23. The van der Waals surface area contributed by atoms with Gasteiger partial charge in [-0.3, -0.25) is 9.78 Å². The van der Waals surface area contributed by atoms with Gasteiger partial charge in [-0.1, -0.05) is 31.5 Å². The number of carbonyl (C=O) groups excluding carboxylic acids is 1. The van der Waals surface area contributed by atoms with E-state index in [1.807, 2.05) is 6.20 Å². The maximum Gasteiger partial charge on any atom is 0.228 e. The molecule has 0 N–H and O–H groups in total. The first-order chi connectivity index (χ1) is 17.4. The minimum atomic E-state index is 0.0671. The average Bonchev–Trinajstić information content (AvgIpc) is 3.32. The number of likely N-dealkylation sites (N-methyl/N-ethyl adjacent to an activating group) is 1. The average molecular weight is 498 g/mol. The summed E-state index contributed by atoms with van der Waals surface area (Å²) >= 11 is 1.65. The van der Waals surface area contributed by atoms with Crippen molar-refractivity contribution in [1.82, 2.24) is 24.6 Å². The summed E-state index contributed by atoms with van der Waals surface area (Å²) in [5.41, 5.74) is 9.14. The Hall–Kier alpha value is -3.32. The Morgan fingerprint density at radius 2 is 1.97 bits per heavy atom. The molecule has 1 fully saturated rings. The van der Waals surface area contributed by atoms with E-state index in [1.165, 1.54) is 11.1 Å². The fourth-order valence-corrected chi connectivity index (χ4v) is 6.44. The molecule has 1 spiro atoms. The highest BCUT2D eigenvalue weighted by Crippen LogP contribution is 2.60. The molecule has 1 amide bonds. The van der Waals surface area contributed by atoms with E-state index in [-0.39, 0.29) is 11.3 Å². The number of hydrogen-bond donors (Lipinski definition) is 0. The second kappa shape index (κ2) is 8.66. The van der Waals surface area contributed by atoms with E-state index in [2.05, 4.69) is 54.9 Å². The van der Waals surface area contributed by atoms with Crippen molar-refractivity contribution in [2.24, 2.45) is 0 Å². The van der Waals surface area contributed by atoms with Gasteiger partial charge in [-0.15, -0.1) is 11.3 Å². The summed E-state index contributed by atoms with van der Waals surface area (Å²) in [6.45, 7) is 4.31. The van der Waals surface area contributed by atoms with Gasteiger partial charge in [-0.25, -0.2) is 9.67 Å². The van der Waals surface area contributed by atoms with Crippen molar-refractivity contribution in [2.75, 3.05) is 14.1 Å². The van der Waals surface area contributed by atoms with Gasteiger partial charge < -0.3 is 4.90 Å². The molecule has 1 saturated carbocycles. The summed E-state index contributed by atoms with van der Waals surface area (Å²) in [5, 5.41) is 6.16. The minimum Gasteiger partial charge on any atom is -0.348 e. The number of pyridine rings is 1. The van der Waals surface area contributed by atoms with E-state index in [9.17, 15) is 4.79 Å². The van der Waals surface area contributed by atoms with Gasteiger partial charge >= 0.3 is 0 Å². The van der Waals surface area contributed by atoms with Crippen molar-refractivity contribution in [2.45, 2.75) is 57.8 Å². The van der Waals surface area contributed by atoms with Crippen molar-refractivity contribution in [1.29, 1.82) is 0 Å². The summed E-state index contributed by atoms with van der Waals surface area (Å²) in [6, 6.07) is 12.7. The molecular weight excluding hydrogens is 466 g/mol. The standard InChI is InChI=1S/C29H31N5OS/c1-5-8-20-12-11-19(17-30-20)26-25-27(34(32-26)22-10-7-6-9-18(22)2)28-21(16-29(25)13-14-29)31-23(36-28)15-24(35)33(3)4/h6-7,9-12,17H,5,8,13-16H2,1-4H3. The Morgan fingerprint density at radius 3 is 2.64 bits per heavy atom. The first-order valence-corrected chi connectivity index (χ1v) is 13.6. The third kappa shape index (κ3) is 3.77. The Morgan fingerprint density at radius 1 is 1.17 bits per heavy atom. The minimum absolute atomic E-state index is 0.0671. The zero-order chi connectivity index (χ0) is 25.0. The Labute approximate surface area is 216 Å². The highest BCUT2D eigenvalue weighted by Gasteiger charge is 2.53. The molecule has 2 aliphatic carbocycles. The van der Waals surface area contributed by atoms with Gasteiger partial charge in [0.2, 0.25) is 5.91 Å². The number of thiazole rings is 1. The van der Waals surface area contributed by atoms with E-state index in [4.69, 9.17) is 15.1 Å². The number of benzene rings is 1. The van der Waals surface area contributed by atoms with Crippen molar-refractivity contribution < 1.29 is 4.79 Å². The molecule has 6 rings (SSSR count). The molecule has 2 aliphatic rings. The first kappa shape index (κ1) is 23.1. The first-order valence-electron chi connectivity index (χ1n) is 12.7. The number of rotatable bonds is 6. The van der Waals surface area contributed by atoms with Crippen LogP contribution >= 0.6 is 11.3 Å². The monoisotopic (exact) mass is 497 g/mol. The van der Waals surface area contributed by atoms with Crippen LogP contribution in [-0.2, 0) is 29.5 Å². The van der Waals surface area contributed by atoms with Crippen molar-refractivity contribution in [3.8, 4) is 27.5 Å². The second-order valence-electron chi connectivity index (χ2n) is 10.4. The molecule has 0 unspecified atom stereocenters. The molecule has 184 valence electrons. The molecule has 3 aromatic heterocycles. The van der Waals surface area contributed by atoms with Gasteiger partial charge in [-0.2, -0.15) is 5.10 Å². The summed E-state index contributed by atoms with van der Waals surface area (Å²) in [5.74, 6) is 0.0776. The van der Waals surface area contributed by atoms with Crippen LogP contribution in [0.2, 0.25) is 0 Å². The normalized spacial score (nSPS) is 15.0. The SMILES string of the molecule is CCCc1ccc(-c2nn(-c3ccccc3C)c3c2C2(CC2)Cc2nc(CC(=O)N(C)C)sc2-3)cn1. The Bertz CT molecular complexity index is 1460. The predicted molar refractivity (Wildman–Crippen MR) is 144 cm³/mol. The molecule has 3 heterocycles. The highest BCUT2D eigenvalue weighted by molar-refractivity contribution is 7.15. The van der Waals surface area contributed by atoms with Crippen molar-refractivity contribution in [3.63, 3.8) is 0 Å². The van der Waals surface area contributed by atoms with Crippen LogP contribution in [0.1, 0.15) is 53.7 Å². The second-order valence-corrected chi connectivity index (χ2v) is 11.4. The van der Waals surface area contributed by atoms with Crippen LogP contribution in [0.4, 0.5) is 0 Å². The van der Waals surface area contributed by atoms with Crippen LogP contribution in [0, 0.1) is 6.92 Å². The molecule has 1 aromatic carbocycles. The lowest BCUT2D eigenvalue weighted by molar-refractivity contribution is -0.127. The van der Waals surface area contributed by atoms with Gasteiger partial charge in [-0.05, 0) is 49.9 Å². The number of aromatic nitrogens is 4. The predicted octanol–water partition coefficient (Wildman–Crippen LogP) is 5.54. The lowest BCUT2D eigenvalue weighted by Crippen LogP contribution is -2.23. The van der Waals surface area contributed by atoms with E-state index in [1.54, 1.807) is 30.3 Å². The molecule has 4 aromatic rings. The number of hydrogen-bond acceptors (Lipinski definition) is 5. The van der Waals surface area contributed by atoms with Gasteiger partial charge in [0.15, 0.2) is 0 Å². The van der Waals surface area contributed by atoms with Gasteiger partial charge in [0.1, 0.15) is 5.01 Å². The number of aryl methyl sites for hydroxylation is 2. The fraction of sp³-hybridized carbons (Fsp3) is 0.379. The van der Waals surface area contributed by atoms with Crippen LogP contribution < -0.4 is 0 Å². The van der Waals surface area contributed by atoms with Crippen LogP contribution in [0.15, 0.2) is 42.6 Å². The van der Waals surface area contributed by atoms with Gasteiger partial charge in [0.05, 0.1) is 34.1 Å². The van der Waals surface area contributed by atoms with E-state index in [0.717, 1.165) is 76.0 Å². The van der Waals surface area contributed by atoms with Gasteiger partial charge in [0, 0.05) is 48.9 Å². The molecule has 7 heteroatoms. The molecule has 36 heavy (non-hydrogen) atoms. The van der Waals surface area contributed by atoms with Gasteiger partial charge in [0.25, 0.3) is 0 Å². The zero-order valence-corrected chi connectivity index (χ0v) is 22.2. The summed E-state index contributed by atoms with van der Waals surface area (Å²) in [6.07, 6.45) is 7.58. The molecule has 6 nitrogen and oxygen atoms in total. The van der Waals surface area contributed by atoms with E-state index < -0.39 is 0 Å². The fourth-order valence-electron chi connectivity index (χ4n) is 5.33. The van der Waals surface area contributed by atoms with Crippen LogP contribution in [0.3, 0.4) is 0 Å². The smallest absolute Gasteiger partial charge is 0.228 e. The summed E-state index contributed by atoms with van der Waals surface area (Å²) in [7, 11) is 3.60. The van der Waals surface area contributed by atoms with E-state index in [0.29, 0.717) is 6.42 Å². The number of fused-ring (bicyclic) bond motifs is 4. The lowest BCUT2D eigenvalue weighted by atomic mass is 9.82. The quantitative estimate of drug-likeness (QED) is 0.351. The summed E-state index contributed by atoms with van der Waals surface area (Å²) in [4.78, 5) is 25.0. The molecule has 0 atom stereocenters. The third-order valence-electron chi connectivity index (χ3n) is 7.48.